The Hall–Kier alpha value is -0.940. The molecule has 1 aromatic heterocycles. The van der Waals surface area contributed by atoms with Crippen LogP contribution in [0.15, 0.2) is 4.52 Å². The molecule has 1 saturated heterocycles. The SMILES string of the molecule is CNCCc1nc(C2CCCO2)no1. The second-order valence-electron chi connectivity index (χ2n) is 3.40. The fourth-order valence-electron chi connectivity index (χ4n) is 1.51. The van der Waals surface area contributed by atoms with Crippen LogP contribution in [0.1, 0.15) is 30.7 Å². The maximum atomic E-state index is 5.46. The summed E-state index contributed by atoms with van der Waals surface area (Å²) in [6.45, 7) is 1.66. The molecule has 1 unspecified atom stereocenters. The summed E-state index contributed by atoms with van der Waals surface area (Å²) in [5.41, 5.74) is 0. The van der Waals surface area contributed by atoms with Gasteiger partial charge in [-0.15, -0.1) is 0 Å². The van der Waals surface area contributed by atoms with Gasteiger partial charge >= 0.3 is 0 Å². The minimum absolute atomic E-state index is 0.0575. The van der Waals surface area contributed by atoms with Crippen molar-refractivity contribution >= 4 is 0 Å². The smallest absolute Gasteiger partial charge is 0.228 e. The minimum atomic E-state index is 0.0575. The summed E-state index contributed by atoms with van der Waals surface area (Å²) < 4.78 is 10.6. The third-order valence-corrected chi connectivity index (χ3v) is 2.29. The van der Waals surface area contributed by atoms with Gasteiger partial charge in [-0.05, 0) is 19.9 Å². The summed E-state index contributed by atoms with van der Waals surface area (Å²) in [4.78, 5) is 4.29. The summed E-state index contributed by atoms with van der Waals surface area (Å²) in [5, 5.41) is 6.95. The fraction of sp³-hybridized carbons (Fsp3) is 0.778. The van der Waals surface area contributed by atoms with E-state index in [-0.39, 0.29) is 6.10 Å². The van der Waals surface area contributed by atoms with E-state index in [2.05, 4.69) is 15.5 Å². The average molecular weight is 197 g/mol. The second kappa shape index (κ2) is 4.52. The van der Waals surface area contributed by atoms with Crippen molar-refractivity contribution < 1.29 is 9.26 Å². The maximum absolute atomic E-state index is 5.46. The van der Waals surface area contributed by atoms with Crippen LogP contribution >= 0.6 is 0 Å². The van der Waals surface area contributed by atoms with E-state index in [9.17, 15) is 0 Å². The molecule has 1 aromatic rings. The average Bonchev–Trinajstić information content (AvgIpc) is 2.85. The highest BCUT2D eigenvalue weighted by molar-refractivity contribution is 4.93. The number of ether oxygens (including phenoxy) is 1. The second-order valence-corrected chi connectivity index (χ2v) is 3.40. The molecule has 0 radical (unpaired) electrons. The largest absolute Gasteiger partial charge is 0.370 e. The Morgan fingerprint density at radius 1 is 1.57 bits per heavy atom. The Balaban J connectivity index is 1.94. The Kier molecular flexibility index (Phi) is 3.10. The van der Waals surface area contributed by atoms with Crippen molar-refractivity contribution in [1.29, 1.82) is 0 Å². The lowest BCUT2D eigenvalue weighted by Crippen LogP contribution is -2.10. The van der Waals surface area contributed by atoms with E-state index in [1.807, 2.05) is 7.05 Å². The lowest BCUT2D eigenvalue weighted by atomic mass is 10.2. The number of aromatic nitrogens is 2. The Bertz CT molecular complexity index is 281. The zero-order valence-electron chi connectivity index (χ0n) is 8.32. The standard InChI is InChI=1S/C9H15N3O2/c1-10-5-4-8-11-9(12-14-8)7-3-2-6-13-7/h7,10H,2-6H2,1H3. The molecule has 1 fully saturated rings. The molecule has 0 aliphatic carbocycles. The highest BCUT2D eigenvalue weighted by Crippen LogP contribution is 2.25. The highest BCUT2D eigenvalue weighted by atomic mass is 16.5. The van der Waals surface area contributed by atoms with Gasteiger partial charge in [0.1, 0.15) is 6.10 Å². The van der Waals surface area contributed by atoms with Crippen LogP contribution in [-0.4, -0.2) is 30.3 Å². The number of hydrogen-bond acceptors (Lipinski definition) is 5. The lowest BCUT2D eigenvalue weighted by molar-refractivity contribution is 0.103. The predicted molar refractivity (Wildman–Crippen MR) is 49.9 cm³/mol. The van der Waals surface area contributed by atoms with Crippen molar-refractivity contribution in [2.24, 2.45) is 0 Å². The van der Waals surface area contributed by atoms with E-state index in [1.54, 1.807) is 0 Å². The molecule has 0 bridgehead atoms. The topological polar surface area (TPSA) is 60.2 Å². The van der Waals surface area contributed by atoms with Crippen LogP contribution < -0.4 is 5.32 Å². The first-order valence-corrected chi connectivity index (χ1v) is 4.99. The molecule has 1 N–H and O–H groups in total. The number of nitrogens with zero attached hydrogens (tertiary/aromatic N) is 2. The third kappa shape index (κ3) is 2.10. The third-order valence-electron chi connectivity index (χ3n) is 2.29. The first-order valence-electron chi connectivity index (χ1n) is 4.99. The van der Waals surface area contributed by atoms with E-state index < -0.39 is 0 Å². The Morgan fingerprint density at radius 2 is 2.50 bits per heavy atom. The Labute approximate surface area is 82.8 Å². The summed E-state index contributed by atoms with van der Waals surface area (Å²) in [6.07, 6.45) is 2.92. The van der Waals surface area contributed by atoms with Gasteiger partial charge in [0.05, 0.1) is 0 Å². The Morgan fingerprint density at radius 3 is 3.21 bits per heavy atom. The zero-order chi connectivity index (χ0) is 9.80. The number of rotatable bonds is 4. The van der Waals surface area contributed by atoms with Crippen molar-refractivity contribution in [3.8, 4) is 0 Å². The van der Waals surface area contributed by atoms with Gasteiger partial charge in [-0.1, -0.05) is 5.16 Å². The summed E-state index contributed by atoms with van der Waals surface area (Å²) in [7, 11) is 1.90. The van der Waals surface area contributed by atoms with Crippen molar-refractivity contribution in [2.75, 3.05) is 20.2 Å². The molecule has 1 atom stereocenters. The monoisotopic (exact) mass is 197 g/mol. The molecule has 1 aliphatic heterocycles. The van der Waals surface area contributed by atoms with Crippen molar-refractivity contribution in [3.63, 3.8) is 0 Å². The van der Waals surface area contributed by atoms with Crippen LogP contribution in [0.3, 0.4) is 0 Å². The molecule has 5 heteroatoms. The van der Waals surface area contributed by atoms with Gasteiger partial charge in [0.25, 0.3) is 0 Å². The van der Waals surface area contributed by atoms with Crippen LogP contribution in [0.4, 0.5) is 0 Å². The molecule has 0 aromatic carbocycles. The van der Waals surface area contributed by atoms with Gasteiger partial charge in [-0.3, -0.25) is 0 Å². The molecule has 2 rings (SSSR count). The van der Waals surface area contributed by atoms with Crippen LogP contribution in [0.2, 0.25) is 0 Å². The highest BCUT2D eigenvalue weighted by Gasteiger charge is 2.22. The molecule has 0 saturated carbocycles. The first kappa shape index (κ1) is 9.61. The van der Waals surface area contributed by atoms with E-state index in [1.165, 1.54) is 0 Å². The van der Waals surface area contributed by atoms with Gasteiger partial charge in [0, 0.05) is 19.6 Å². The molecule has 2 heterocycles. The van der Waals surface area contributed by atoms with Crippen LogP contribution in [0.25, 0.3) is 0 Å². The maximum Gasteiger partial charge on any atom is 0.228 e. The van der Waals surface area contributed by atoms with Crippen molar-refractivity contribution in [2.45, 2.75) is 25.4 Å². The molecule has 0 amide bonds. The molecule has 78 valence electrons. The molecule has 0 spiro atoms. The van der Waals surface area contributed by atoms with Gasteiger partial charge in [0.2, 0.25) is 11.7 Å². The molecule has 5 nitrogen and oxygen atoms in total. The predicted octanol–water partition coefficient (Wildman–Crippen LogP) is 0.683. The lowest BCUT2D eigenvalue weighted by Gasteiger charge is -2.00. The molecular weight excluding hydrogens is 182 g/mol. The summed E-state index contributed by atoms with van der Waals surface area (Å²) in [6, 6.07) is 0. The van der Waals surface area contributed by atoms with Crippen molar-refractivity contribution in [3.05, 3.63) is 11.7 Å². The van der Waals surface area contributed by atoms with E-state index in [0.29, 0.717) is 11.7 Å². The minimum Gasteiger partial charge on any atom is -0.370 e. The molecule has 1 aliphatic rings. The van der Waals surface area contributed by atoms with E-state index >= 15 is 0 Å². The van der Waals surface area contributed by atoms with Crippen LogP contribution in [-0.2, 0) is 11.2 Å². The first-order chi connectivity index (χ1) is 6.90. The quantitative estimate of drug-likeness (QED) is 0.769. The zero-order valence-corrected chi connectivity index (χ0v) is 8.32. The normalized spacial score (nSPS) is 21.6. The fourth-order valence-corrected chi connectivity index (χ4v) is 1.51. The van der Waals surface area contributed by atoms with Gasteiger partial charge in [-0.2, -0.15) is 4.98 Å². The van der Waals surface area contributed by atoms with Gasteiger partial charge in [0.15, 0.2) is 0 Å². The van der Waals surface area contributed by atoms with Gasteiger partial charge < -0.3 is 14.6 Å². The summed E-state index contributed by atoms with van der Waals surface area (Å²) in [5.74, 6) is 1.39. The van der Waals surface area contributed by atoms with E-state index in [0.717, 1.165) is 32.4 Å². The van der Waals surface area contributed by atoms with Crippen LogP contribution in [0.5, 0.6) is 0 Å². The molecular formula is C9H15N3O2. The van der Waals surface area contributed by atoms with Crippen molar-refractivity contribution in [1.82, 2.24) is 15.5 Å². The van der Waals surface area contributed by atoms with Crippen LogP contribution in [0, 0.1) is 0 Å². The number of nitrogens with one attached hydrogen (secondary N) is 1. The molecule has 14 heavy (non-hydrogen) atoms. The number of likely N-dealkylation sites (N-methyl/N-ethyl adjacent to an activating group) is 1. The van der Waals surface area contributed by atoms with Gasteiger partial charge in [-0.25, -0.2) is 0 Å². The summed E-state index contributed by atoms with van der Waals surface area (Å²) >= 11 is 0. The van der Waals surface area contributed by atoms with E-state index in [4.69, 9.17) is 9.26 Å². The number of hydrogen-bond donors (Lipinski definition) is 1.